The Kier molecular flexibility index (Phi) is 5.59. The van der Waals surface area contributed by atoms with Crippen LogP contribution in [-0.2, 0) is 17.1 Å². The van der Waals surface area contributed by atoms with E-state index in [1.54, 1.807) is 24.9 Å². The highest BCUT2D eigenvalue weighted by Crippen LogP contribution is 2.27. The largest absolute Gasteiger partial charge is 0.336 e. The molecule has 0 bridgehead atoms. The number of hydrogen-bond acceptors (Lipinski definition) is 5. The molecule has 0 aliphatic carbocycles. The lowest BCUT2D eigenvalue weighted by molar-refractivity contribution is 0.0699. The fraction of sp³-hybridized carbons (Fsp3) is 0.316. The Morgan fingerprint density at radius 1 is 1.10 bits per heavy atom. The Hall–Kier alpha value is -2.40. The second-order valence-electron chi connectivity index (χ2n) is 7.28. The highest BCUT2D eigenvalue weighted by molar-refractivity contribution is 7.89. The molecule has 12 heteroatoms. The van der Waals surface area contributed by atoms with Crippen molar-refractivity contribution >= 4 is 50.2 Å². The summed E-state index contributed by atoms with van der Waals surface area (Å²) < 4.78 is 28.6. The third-order valence-corrected chi connectivity index (χ3v) is 7.86. The predicted molar refractivity (Wildman–Crippen MR) is 117 cm³/mol. The maximum atomic E-state index is 13.2. The molecule has 0 radical (unpaired) electrons. The molecule has 1 fully saturated rings. The molecule has 1 saturated heterocycles. The number of aryl methyl sites for hydroxylation is 2. The topological polar surface area (TPSA) is 108 Å². The van der Waals surface area contributed by atoms with Crippen LogP contribution >= 0.6 is 23.2 Å². The summed E-state index contributed by atoms with van der Waals surface area (Å²) >= 11 is 11.8. The minimum Gasteiger partial charge on any atom is -0.336 e. The average Bonchev–Trinajstić information content (AvgIpc) is 3.02. The van der Waals surface area contributed by atoms with E-state index in [9.17, 15) is 18.0 Å². The van der Waals surface area contributed by atoms with Gasteiger partial charge in [0.25, 0.3) is 11.5 Å². The Labute approximate surface area is 188 Å². The maximum absolute atomic E-state index is 13.2. The van der Waals surface area contributed by atoms with Gasteiger partial charge < -0.3 is 4.90 Å². The molecule has 1 N–H and O–H groups in total. The summed E-state index contributed by atoms with van der Waals surface area (Å²) in [6.07, 6.45) is 0. The molecule has 4 rings (SSSR count). The van der Waals surface area contributed by atoms with E-state index in [1.807, 2.05) is 0 Å². The molecule has 3 aromatic rings. The number of carbonyl (C=O) groups excluding carboxylic acids is 1. The number of fused-ring (bicyclic) bond motifs is 1. The van der Waals surface area contributed by atoms with Crippen LogP contribution in [0.1, 0.15) is 16.1 Å². The van der Waals surface area contributed by atoms with Gasteiger partial charge in [-0.3, -0.25) is 19.4 Å². The number of amides is 1. The molecule has 3 heterocycles. The lowest BCUT2D eigenvalue weighted by Crippen LogP contribution is -2.50. The number of aromatic amines is 1. The van der Waals surface area contributed by atoms with E-state index in [0.717, 1.165) is 0 Å². The minimum absolute atomic E-state index is 0.0453. The van der Waals surface area contributed by atoms with Crippen LogP contribution in [0.15, 0.2) is 34.0 Å². The van der Waals surface area contributed by atoms with Gasteiger partial charge in [-0.2, -0.15) is 4.31 Å². The van der Waals surface area contributed by atoms with E-state index < -0.39 is 15.6 Å². The van der Waals surface area contributed by atoms with Gasteiger partial charge in [0.2, 0.25) is 10.0 Å². The van der Waals surface area contributed by atoms with Gasteiger partial charge in [-0.1, -0.05) is 23.2 Å². The van der Waals surface area contributed by atoms with Crippen LogP contribution in [-0.4, -0.2) is 64.5 Å². The Morgan fingerprint density at radius 2 is 1.77 bits per heavy atom. The lowest BCUT2D eigenvalue weighted by Gasteiger charge is -2.34. The molecular formula is C19H19Cl2N5O4S. The number of sulfonamides is 1. The number of pyridine rings is 1. The maximum Gasteiger partial charge on any atom is 0.274 e. The normalized spacial score (nSPS) is 15.5. The van der Waals surface area contributed by atoms with Crippen LogP contribution in [0, 0.1) is 6.92 Å². The molecule has 0 unspecified atom stereocenters. The van der Waals surface area contributed by atoms with E-state index in [1.165, 1.54) is 27.2 Å². The van der Waals surface area contributed by atoms with E-state index in [4.69, 9.17) is 23.2 Å². The zero-order valence-corrected chi connectivity index (χ0v) is 19.1. The van der Waals surface area contributed by atoms with Crippen molar-refractivity contribution in [2.45, 2.75) is 11.8 Å². The number of rotatable bonds is 3. The zero-order chi connectivity index (χ0) is 22.5. The molecule has 164 valence electrons. The standard InChI is InChI=1S/C19H19Cl2N5O4S/c1-11-9-13(16-17(22-11)24(2)23-18(16)27)19(28)25-5-7-26(8-6-25)31(29,30)12-3-4-14(20)15(21)10-12/h3-4,9-10H,5-8H2,1-2H3,(H,23,27). The number of H-pyrrole nitrogens is 1. The SMILES string of the molecule is Cc1cc(C(=O)N2CCN(S(=O)(=O)c3ccc(Cl)c(Cl)c3)CC2)c2c(=O)[nH]n(C)c2n1. The minimum atomic E-state index is -3.78. The molecule has 0 atom stereocenters. The number of benzene rings is 1. The van der Waals surface area contributed by atoms with Crippen molar-refractivity contribution in [1.82, 2.24) is 24.0 Å². The fourth-order valence-corrected chi connectivity index (χ4v) is 5.45. The van der Waals surface area contributed by atoms with Crippen LogP contribution < -0.4 is 5.56 Å². The molecule has 0 saturated carbocycles. The Morgan fingerprint density at radius 3 is 2.42 bits per heavy atom. The number of carbonyl (C=O) groups is 1. The smallest absolute Gasteiger partial charge is 0.274 e. The van der Waals surface area contributed by atoms with Gasteiger partial charge in [-0.15, -0.1) is 0 Å². The number of aromatic nitrogens is 3. The van der Waals surface area contributed by atoms with Crippen molar-refractivity contribution in [3.05, 3.63) is 55.9 Å². The van der Waals surface area contributed by atoms with Crippen molar-refractivity contribution in [1.29, 1.82) is 0 Å². The van der Waals surface area contributed by atoms with E-state index >= 15 is 0 Å². The molecule has 1 amide bonds. The van der Waals surface area contributed by atoms with Crippen molar-refractivity contribution in [2.75, 3.05) is 26.2 Å². The van der Waals surface area contributed by atoms with E-state index in [0.29, 0.717) is 11.3 Å². The number of halogens is 2. The van der Waals surface area contributed by atoms with Crippen LogP contribution in [0.25, 0.3) is 11.0 Å². The lowest BCUT2D eigenvalue weighted by atomic mass is 10.1. The first-order valence-electron chi connectivity index (χ1n) is 9.40. The van der Waals surface area contributed by atoms with Crippen LogP contribution in [0.2, 0.25) is 10.0 Å². The van der Waals surface area contributed by atoms with Gasteiger partial charge in [0, 0.05) is 38.9 Å². The summed E-state index contributed by atoms with van der Waals surface area (Å²) in [6, 6.07) is 5.73. The Balaban J connectivity index is 1.57. The second kappa shape index (κ2) is 7.94. The highest BCUT2D eigenvalue weighted by atomic mass is 35.5. The third kappa shape index (κ3) is 3.84. The first kappa shape index (κ1) is 21.8. The zero-order valence-electron chi connectivity index (χ0n) is 16.7. The van der Waals surface area contributed by atoms with Crippen molar-refractivity contribution in [3.8, 4) is 0 Å². The molecule has 9 nitrogen and oxygen atoms in total. The molecule has 1 aliphatic rings. The van der Waals surface area contributed by atoms with Gasteiger partial charge in [0.15, 0.2) is 5.65 Å². The molecule has 0 spiro atoms. The van der Waals surface area contributed by atoms with Crippen LogP contribution in [0.5, 0.6) is 0 Å². The first-order chi connectivity index (χ1) is 14.6. The summed E-state index contributed by atoms with van der Waals surface area (Å²) in [5.74, 6) is -0.334. The number of nitrogens with zero attached hydrogens (tertiary/aromatic N) is 4. The molecule has 31 heavy (non-hydrogen) atoms. The number of nitrogens with one attached hydrogen (secondary N) is 1. The summed E-state index contributed by atoms with van der Waals surface area (Å²) in [5.41, 5.74) is 0.861. The van der Waals surface area contributed by atoms with Gasteiger partial charge >= 0.3 is 0 Å². The fourth-order valence-electron chi connectivity index (χ4n) is 3.64. The number of hydrogen-bond donors (Lipinski definition) is 1. The third-order valence-electron chi connectivity index (χ3n) is 5.23. The Bertz CT molecular complexity index is 1360. The predicted octanol–water partition coefficient (Wildman–Crippen LogP) is 2.02. The molecule has 1 aliphatic heterocycles. The monoisotopic (exact) mass is 483 g/mol. The van der Waals surface area contributed by atoms with E-state index in [2.05, 4.69) is 10.1 Å². The van der Waals surface area contributed by atoms with E-state index in [-0.39, 0.29) is 58.0 Å². The van der Waals surface area contributed by atoms with Crippen molar-refractivity contribution in [2.24, 2.45) is 7.05 Å². The van der Waals surface area contributed by atoms with Crippen LogP contribution in [0.4, 0.5) is 0 Å². The second-order valence-corrected chi connectivity index (χ2v) is 10.0. The highest BCUT2D eigenvalue weighted by Gasteiger charge is 2.32. The summed E-state index contributed by atoms with van der Waals surface area (Å²) in [4.78, 5) is 31.4. The van der Waals surface area contributed by atoms with Gasteiger partial charge in [0.1, 0.15) is 0 Å². The van der Waals surface area contributed by atoms with Gasteiger partial charge in [0.05, 0.1) is 25.9 Å². The summed E-state index contributed by atoms with van der Waals surface area (Å²) in [6.45, 7) is 2.36. The molecule has 1 aromatic carbocycles. The van der Waals surface area contributed by atoms with Gasteiger partial charge in [-0.25, -0.2) is 13.4 Å². The molecular weight excluding hydrogens is 465 g/mol. The van der Waals surface area contributed by atoms with Crippen LogP contribution in [0.3, 0.4) is 0 Å². The quantitative estimate of drug-likeness (QED) is 0.612. The average molecular weight is 484 g/mol. The molecule has 2 aromatic heterocycles. The number of piperazine rings is 1. The summed E-state index contributed by atoms with van der Waals surface area (Å²) in [5, 5.41) is 3.26. The van der Waals surface area contributed by atoms with Crippen molar-refractivity contribution < 1.29 is 13.2 Å². The summed E-state index contributed by atoms with van der Waals surface area (Å²) in [7, 11) is -2.13. The van der Waals surface area contributed by atoms with Gasteiger partial charge in [-0.05, 0) is 31.2 Å². The van der Waals surface area contributed by atoms with Crippen molar-refractivity contribution in [3.63, 3.8) is 0 Å². The first-order valence-corrected chi connectivity index (χ1v) is 11.6.